The van der Waals surface area contributed by atoms with E-state index in [1.807, 2.05) is 24.3 Å². The van der Waals surface area contributed by atoms with Crippen molar-refractivity contribution in [1.29, 1.82) is 0 Å². The van der Waals surface area contributed by atoms with E-state index in [-0.39, 0.29) is 10.8 Å². The van der Waals surface area contributed by atoms with Crippen LogP contribution in [0.3, 0.4) is 0 Å². The average molecular weight is 441 g/mol. The molecule has 0 aliphatic heterocycles. The Hall–Kier alpha value is -3.36. The number of anilines is 1. The summed E-state index contributed by atoms with van der Waals surface area (Å²) in [5.74, 6) is 0.406. The first-order valence-corrected chi connectivity index (χ1v) is 11.1. The fraction of sp³-hybridized carbons (Fsp3) is 0.174. The van der Waals surface area contributed by atoms with Crippen LogP contribution in [0.4, 0.5) is 5.69 Å². The molecule has 162 valence electrons. The summed E-state index contributed by atoms with van der Waals surface area (Å²) in [6.07, 6.45) is -0.675. The highest BCUT2D eigenvalue weighted by Gasteiger charge is 2.15. The van der Waals surface area contributed by atoms with E-state index in [0.29, 0.717) is 29.1 Å². The lowest BCUT2D eigenvalue weighted by atomic mass is 10.1. The molecular formula is C23H24N2O5S. The smallest absolute Gasteiger partial charge is 0.261 e. The molecule has 3 rings (SSSR count). The largest absolute Gasteiger partial charge is 0.496 e. The molecular weight excluding hydrogens is 416 g/mol. The number of ether oxygens (including phenoxy) is 1. The Morgan fingerprint density at radius 2 is 1.65 bits per heavy atom. The third-order valence-electron chi connectivity index (χ3n) is 4.70. The number of aliphatic hydroxyl groups is 1. The van der Waals surface area contributed by atoms with Gasteiger partial charge in [-0.25, -0.2) is 8.42 Å². The minimum atomic E-state index is -3.79. The van der Waals surface area contributed by atoms with E-state index in [1.54, 1.807) is 38.3 Å². The number of para-hydroxylation sites is 1. The topological polar surface area (TPSA) is 105 Å². The molecule has 3 aromatic carbocycles. The van der Waals surface area contributed by atoms with Gasteiger partial charge in [0.15, 0.2) is 0 Å². The van der Waals surface area contributed by atoms with Gasteiger partial charge in [0.25, 0.3) is 15.9 Å². The van der Waals surface area contributed by atoms with Gasteiger partial charge in [-0.2, -0.15) is 0 Å². The normalized spacial score (nSPS) is 12.1. The van der Waals surface area contributed by atoms with Crippen molar-refractivity contribution in [3.8, 4) is 5.75 Å². The molecule has 1 unspecified atom stereocenters. The van der Waals surface area contributed by atoms with Crippen LogP contribution < -0.4 is 14.8 Å². The summed E-state index contributed by atoms with van der Waals surface area (Å²) < 4.78 is 32.9. The monoisotopic (exact) mass is 440 g/mol. The van der Waals surface area contributed by atoms with Crippen molar-refractivity contribution in [3.05, 3.63) is 89.5 Å². The number of hydrogen-bond donors (Lipinski definition) is 3. The van der Waals surface area contributed by atoms with Gasteiger partial charge in [-0.3, -0.25) is 9.52 Å². The fourth-order valence-electron chi connectivity index (χ4n) is 2.96. The Morgan fingerprint density at radius 3 is 2.26 bits per heavy atom. The van der Waals surface area contributed by atoms with Crippen LogP contribution in [0.25, 0.3) is 0 Å². The van der Waals surface area contributed by atoms with E-state index in [9.17, 15) is 18.3 Å². The molecule has 0 aromatic heterocycles. The number of carbonyl (C=O) groups is 1. The second-order valence-corrected chi connectivity index (χ2v) is 8.60. The Kier molecular flexibility index (Phi) is 6.94. The predicted molar refractivity (Wildman–Crippen MR) is 118 cm³/mol. The van der Waals surface area contributed by atoms with E-state index < -0.39 is 16.1 Å². The van der Waals surface area contributed by atoms with Crippen LogP contribution in [0.2, 0.25) is 0 Å². The molecule has 0 radical (unpaired) electrons. The maximum atomic E-state index is 12.6. The Bertz CT molecular complexity index is 1140. The number of nitrogens with one attached hydrogen (secondary N) is 2. The van der Waals surface area contributed by atoms with E-state index in [2.05, 4.69) is 10.0 Å². The molecule has 3 N–H and O–H groups in total. The molecule has 0 spiro atoms. The minimum Gasteiger partial charge on any atom is -0.496 e. The number of sulfonamides is 1. The van der Waals surface area contributed by atoms with E-state index in [1.165, 1.54) is 24.3 Å². The van der Waals surface area contributed by atoms with Crippen molar-refractivity contribution >= 4 is 21.6 Å². The van der Waals surface area contributed by atoms with Crippen molar-refractivity contribution in [2.24, 2.45) is 0 Å². The van der Waals surface area contributed by atoms with Gasteiger partial charge in [-0.1, -0.05) is 30.3 Å². The maximum Gasteiger partial charge on any atom is 0.261 e. The van der Waals surface area contributed by atoms with Crippen molar-refractivity contribution in [2.75, 3.05) is 11.8 Å². The summed E-state index contributed by atoms with van der Waals surface area (Å²) in [6, 6.07) is 19.5. The summed E-state index contributed by atoms with van der Waals surface area (Å²) in [5.41, 5.74) is 2.21. The Balaban J connectivity index is 1.64. The third kappa shape index (κ3) is 5.62. The first kappa shape index (κ1) is 22.3. The van der Waals surface area contributed by atoms with Crippen LogP contribution in [0.5, 0.6) is 5.75 Å². The quantitative estimate of drug-likeness (QED) is 0.497. The van der Waals surface area contributed by atoms with Crippen molar-refractivity contribution in [2.45, 2.75) is 24.5 Å². The van der Waals surface area contributed by atoms with Crippen LogP contribution in [-0.2, 0) is 16.6 Å². The van der Waals surface area contributed by atoms with E-state index >= 15 is 0 Å². The summed E-state index contributed by atoms with van der Waals surface area (Å²) in [7, 11) is -2.22. The van der Waals surface area contributed by atoms with Gasteiger partial charge < -0.3 is 15.2 Å². The van der Waals surface area contributed by atoms with Gasteiger partial charge in [0.2, 0.25) is 0 Å². The third-order valence-corrected chi connectivity index (χ3v) is 6.10. The first-order valence-electron chi connectivity index (χ1n) is 9.61. The molecule has 0 saturated carbocycles. The van der Waals surface area contributed by atoms with Gasteiger partial charge in [0, 0.05) is 23.4 Å². The highest BCUT2D eigenvalue weighted by atomic mass is 32.2. The zero-order chi connectivity index (χ0) is 22.4. The van der Waals surface area contributed by atoms with Crippen LogP contribution in [-0.4, -0.2) is 26.5 Å². The number of hydrogen-bond acceptors (Lipinski definition) is 5. The maximum absolute atomic E-state index is 12.6. The zero-order valence-corrected chi connectivity index (χ0v) is 18.0. The second-order valence-electron chi connectivity index (χ2n) is 6.92. The van der Waals surface area contributed by atoms with Crippen LogP contribution >= 0.6 is 0 Å². The second kappa shape index (κ2) is 9.63. The van der Waals surface area contributed by atoms with Gasteiger partial charge in [-0.05, 0) is 55.0 Å². The number of amides is 1. The molecule has 0 heterocycles. The molecule has 0 aliphatic rings. The van der Waals surface area contributed by atoms with Crippen LogP contribution in [0, 0.1) is 0 Å². The van der Waals surface area contributed by atoms with Crippen molar-refractivity contribution in [1.82, 2.24) is 5.32 Å². The highest BCUT2D eigenvalue weighted by molar-refractivity contribution is 7.92. The first-order chi connectivity index (χ1) is 14.8. The lowest BCUT2D eigenvalue weighted by Gasteiger charge is -2.11. The minimum absolute atomic E-state index is 0.0792. The number of carbonyl (C=O) groups excluding carboxylic acids is 1. The molecule has 0 aliphatic carbocycles. The lowest BCUT2D eigenvalue weighted by molar-refractivity contribution is 0.0950. The predicted octanol–water partition coefficient (Wildman–Crippen LogP) is 3.48. The number of rotatable bonds is 8. The summed E-state index contributed by atoms with van der Waals surface area (Å²) in [6.45, 7) is 1.91. The SMILES string of the molecule is COc1ccccc1CNC(=O)c1ccc(NS(=O)(=O)c2ccc(C(C)O)cc2)cc1. The molecule has 3 aromatic rings. The zero-order valence-electron chi connectivity index (χ0n) is 17.2. The number of methoxy groups -OCH3 is 1. The summed E-state index contributed by atoms with van der Waals surface area (Å²) in [4.78, 5) is 12.5. The molecule has 8 heteroatoms. The van der Waals surface area contributed by atoms with Gasteiger partial charge in [-0.15, -0.1) is 0 Å². The molecule has 0 fully saturated rings. The van der Waals surface area contributed by atoms with Crippen molar-refractivity contribution < 1.29 is 23.1 Å². The molecule has 7 nitrogen and oxygen atoms in total. The molecule has 1 atom stereocenters. The molecule has 31 heavy (non-hydrogen) atoms. The standard InChI is InChI=1S/C23H24N2O5S/c1-16(26)17-9-13-21(14-10-17)31(28,29)25-20-11-7-18(8-12-20)23(27)24-15-19-5-3-4-6-22(19)30-2/h3-14,16,25-26H,15H2,1-2H3,(H,24,27). The van der Waals surface area contributed by atoms with Crippen LogP contribution in [0.1, 0.15) is 34.5 Å². The Morgan fingerprint density at radius 1 is 1.00 bits per heavy atom. The molecule has 0 saturated heterocycles. The fourth-order valence-corrected chi connectivity index (χ4v) is 4.01. The average Bonchev–Trinajstić information content (AvgIpc) is 2.78. The molecule has 0 bridgehead atoms. The van der Waals surface area contributed by atoms with Gasteiger partial charge in [0.05, 0.1) is 18.1 Å². The number of benzene rings is 3. The highest BCUT2D eigenvalue weighted by Crippen LogP contribution is 2.20. The summed E-state index contributed by atoms with van der Waals surface area (Å²) in [5, 5.41) is 12.4. The Labute approximate surface area is 181 Å². The van der Waals surface area contributed by atoms with E-state index in [4.69, 9.17) is 4.74 Å². The number of aliphatic hydroxyl groups excluding tert-OH is 1. The molecule has 1 amide bonds. The van der Waals surface area contributed by atoms with Gasteiger partial charge >= 0.3 is 0 Å². The van der Waals surface area contributed by atoms with Crippen LogP contribution in [0.15, 0.2) is 77.7 Å². The van der Waals surface area contributed by atoms with E-state index in [0.717, 1.165) is 5.56 Å². The lowest BCUT2D eigenvalue weighted by Crippen LogP contribution is -2.23. The van der Waals surface area contributed by atoms with Gasteiger partial charge in [0.1, 0.15) is 5.75 Å². The van der Waals surface area contributed by atoms with Crippen molar-refractivity contribution in [3.63, 3.8) is 0 Å². The summed E-state index contributed by atoms with van der Waals surface area (Å²) >= 11 is 0.